The van der Waals surface area contributed by atoms with E-state index in [0.29, 0.717) is 23.2 Å². The van der Waals surface area contributed by atoms with Gasteiger partial charge in [0, 0.05) is 18.5 Å². The first kappa shape index (κ1) is 15.3. The van der Waals surface area contributed by atoms with Gasteiger partial charge in [-0.15, -0.1) is 0 Å². The summed E-state index contributed by atoms with van der Waals surface area (Å²) < 4.78 is 10.3. The lowest BCUT2D eigenvalue weighted by Gasteiger charge is -2.12. The number of aromatic nitrogens is 2. The Balaban J connectivity index is 1.65. The summed E-state index contributed by atoms with van der Waals surface area (Å²) in [6, 6.07) is 10.8. The second-order valence-electron chi connectivity index (χ2n) is 5.01. The van der Waals surface area contributed by atoms with Crippen molar-refractivity contribution in [3.8, 4) is 0 Å². The molecule has 0 saturated heterocycles. The van der Waals surface area contributed by atoms with Crippen LogP contribution in [-0.4, -0.2) is 28.0 Å². The van der Waals surface area contributed by atoms with Crippen LogP contribution in [-0.2, 0) is 13.0 Å². The maximum atomic E-state index is 12.1. The molecule has 3 rings (SSSR count). The van der Waals surface area contributed by atoms with Crippen LogP contribution in [0.2, 0.25) is 5.02 Å². The van der Waals surface area contributed by atoms with Crippen molar-refractivity contribution >= 4 is 17.5 Å². The van der Waals surface area contributed by atoms with Crippen LogP contribution in [0, 0.1) is 0 Å². The molecule has 0 unspecified atom stereocenters. The first-order valence-corrected chi connectivity index (χ1v) is 7.35. The summed E-state index contributed by atoms with van der Waals surface area (Å²) in [7, 11) is 1.64. The summed E-state index contributed by atoms with van der Waals surface area (Å²) in [5.41, 5.74) is 0.918. The van der Waals surface area contributed by atoms with Crippen LogP contribution in [0.1, 0.15) is 27.8 Å². The number of amides is 1. The van der Waals surface area contributed by atoms with E-state index in [2.05, 4.69) is 10.1 Å². The van der Waals surface area contributed by atoms with E-state index in [9.17, 15) is 4.79 Å². The summed E-state index contributed by atoms with van der Waals surface area (Å²) in [4.78, 5) is 17.8. The molecule has 0 bridgehead atoms. The molecule has 0 fully saturated rings. The van der Waals surface area contributed by atoms with E-state index in [4.69, 9.17) is 20.5 Å². The van der Waals surface area contributed by atoms with E-state index >= 15 is 0 Å². The molecule has 0 aliphatic rings. The van der Waals surface area contributed by atoms with Gasteiger partial charge in [0.2, 0.25) is 5.89 Å². The monoisotopic (exact) mass is 331 g/mol. The van der Waals surface area contributed by atoms with E-state index in [1.807, 2.05) is 24.3 Å². The molecule has 0 aliphatic heterocycles. The number of rotatable bonds is 5. The Hall–Kier alpha value is -2.60. The number of benzene rings is 1. The average Bonchev–Trinajstić information content (AvgIpc) is 3.21. The van der Waals surface area contributed by atoms with Gasteiger partial charge in [-0.05, 0) is 23.8 Å². The standard InChI is InChI=1S/C16H14ClN3O3/c1-20(16(21)13-7-4-8-22-13)10-15-18-14(19-23-15)9-11-5-2-3-6-12(11)17/h2-8H,9-10H2,1H3. The first-order chi connectivity index (χ1) is 11.1. The molecule has 0 atom stereocenters. The van der Waals surface area contributed by atoms with Gasteiger partial charge in [0.25, 0.3) is 5.91 Å². The van der Waals surface area contributed by atoms with Crippen LogP contribution in [0.15, 0.2) is 51.6 Å². The van der Waals surface area contributed by atoms with Crippen molar-refractivity contribution in [2.45, 2.75) is 13.0 Å². The number of carbonyl (C=O) groups excluding carboxylic acids is 1. The summed E-state index contributed by atoms with van der Waals surface area (Å²) in [6.45, 7) is 0.203. The smallest absolute Gasteiger partial charge is 0.289 e. The number of carbonyl (C=O) groups is 1. The zero-order chi connectivity index (χ0) is 16.2. The normalized spacial score (nSPS) is 10.7. The summed E-state index contributed by atoms with van der Waals surface area (Å²) >= 11 is 6.11. The fraction of sp³-hybridized carbons (Fsp3) is 0.188. The maximum Gasteiger partial charge on any atom is 0.289 e. The molecular weight excluding hydrogens is 318 g/mol. The molecule has 23 heavy (non-hydrogen) atoms. The van der Waals surface area contributed by atoms with E-state index < -0.39 is 0 Å². The molecule has 1 amide bonds. The van der Waals surface area contributed by atoms with Crippen molar-refractivity contribution in [1.29, 1.82) is 0 Å². The van der Waals surface area contributed by atoms with E-state index in [-0.39, 0.29) is 18.2 Å². The molecule has 0 spiro atoms. The fourth-order valence-electron chi connectivity index (χ4n) is 2.10. The second-order valence-corrected chi connectivity index (χ2v) is 5.42. The first-order valence-electron chi connectivity index (χ1n) is 6.97. The SMILES string of the molecule is CN(Cc1nc(Cc2ccccc2Cl)no1)C(=O)c1ccco1. The third kappa shape index (κ3) is 3.60. The maximum absolute atomic E-state index is 12.1. The third-order valence-electron chi connectivity index (χ3n) is 3.27. The lowest BCUT2D eigenvalue weighted by molar-refractivity contribution is 0.0738. The van der Waals surface area contributed by atoms with Gasteiger partial charge in [0.15, 0.2) is 11.6 Å². The largest absolute Gasteiger partial charge is 0.459 e. The van der Waals surface area contributed by atoms with Crippen LogP contribution in [0.4, 0.5) is 0 Å². The quantitative estimate of drug-likeness (QED) is 0.718. The number of halogens is 1. The van der Waals surface area contributed by atoms with Gasteiger partial charge in [-0.25, -0.2) is 0 Å². The molecule has 2 heterocycles. The zero-order valence-corrected chi connectivity index (χ0v) is 13.2. The summed E-state index contributed by atoms with van der Waals surface area (Å²) in [5, 5.41) is 4.58. The van der Waals surface area contributed by atoms with Gasteiger partial charge in [-0.2, -0.15) is 4.98 Å². The van der Waals surface area contributed by atoms with Gasteiger partial charge in [0.1, 0.15) is 6.54 Å². The molecule has 1 aromatic carbocycles. The Morgan fingerprint density at radius 3 is 2.83 bits per heavy atom. The van der Waals surface area contributed by atoms with Crippen molar-refractivity contribution in [2.75, 3.05) is 7.05 Å². The van der Waals surface area contributed by atoms with Crippen LogP contribution >= 0.6 is 11.6 Å². The molecule has 0 saturated carbocycles. The average molecular weight is 332 g/mol. The highest BCUT2D eigenvalue weighted by Gasteiger charge is 2.17. The molecule has 0 aliphatic carbocycles. The van der Waals surface area contributed by atoms with Gasteiger partial charge in [0.05, 0.1) is 6.26 Å². The predicted molar refractivity (Wildman–Crippen MR) is 83.1 cm³/mol. The Labute approximate surface area is 137 Å². The summed E-state index contributed by atoms with van der Waals surface area (Å²) in [6.07, 6.45) is 1.93. The van der Waals surface area contributed by atoms with E-state index in [1.165, 1.54) is 11.2 Å². The molecule has 6 nitrogen and oxygen atoms in total. The number of hydrogen-bond donors (Lipinski definition) is 0. The number of furan rings is 1. The highest BCUT2D eigenvalue weighted by atomic mass is 35.5. The molecule has 3 aromatic rings. The van der Waals surface area contributed by atoms with Crippen LogP contribution in [0.3, 0.4) is 0 Å². The number of hydrogen-bond acceptors (Lipinski definition) is 5. The van der Waals surface area contributed by atoms with Crippen LogP contribution < -0.4 is 0 Å². The molecule has 118 valence electrons. The van der Waals surface area contributed by atoms with Gasteiger partial charge >= 0.3 is 0 Å². The molecule has 0 radical (unpaired) electrons. The number of nitrogens with zero attached hydrogens (tertiary/aromatic N) is 3. The summed E-state index contributed by atoms with van der Waals surface area (Å²) in [5.74, 6) is 0.894. The molecule has 7 heteroatoms. The predicted octanol–water partition coefficient (Wildman–Crippen LogP) is 3.18. The zero-order valence-electron chi connectivity index (χ0n) is 12.4. The Morgan fingerprint density at radius 2 is 2.09 bits per heavy atom. The van der Waals surface area contributed by atoms with Gasteiger partial charge < -0.3 is 13.8 Å². The molecular formula is C16H14ClN3O3. The van der Waals surface area contributed by atoms with Crippen molar-refractivity contribution in [1.82, 2.24) is 15.0 Å². The molecule has 2 aromatic heterocycles. The van der Waals surface area contributed by atoms with Crippen molar-refractivity contribution in [3.63, 3.8) is 0 Å². The topological polar surface area (TPSA) is 72.4 Å². The minimum atomic E-state index is -0.249. The second kappa shape index (κ2) is 6.66. The minimum Gasteiger partial charge on any atom is -0.459 e. The van der Waals surface area contributed by atoms with Crippen LogP contribution in [0.25, 0.3) is 0 Å². The fourth-order valence-corrected chi connectivity index (χ4v) is 2.30. The lowest BCUT2D eigenvalue weighted by atomic mass is 10.1. The van der Waals surface area contributed by atoms with Crippen molar-refractivity contribution in [3.05, 3.63) is 70.7 Å². The van der Waals surface area contributed by atoms with Crippen molar-refractivity contribution in [2.24, 2.45) is 0 Å². The Morgan fingerprint density at radius 1 is 1.26 bits per heavy atom. The van der Waals surface area contributed by atoms with E-state index in [1.54, 1.807) is 19.2 Å². The molecule has 0 N–H and O–H groups in total. The van der Waals surface area contributed by atoms with Gasteiger partial charge in [-0.1, -0.05) is 35.0 Å². The van der Waals surface area contributed by atoms with Crippen LogP contribution in [0.5, 0.6) is 0 Å². The Bertz CT molecular complexity index is 799. The third-order valence-corrected chi connectivity index (χ3v) is 3.64. The minimum absolute atomic E-state index is 0.203. The highest BCUT2D eigenvalue weighted by Crippen LogP contribution is 2.18. The highest BCUT2D eigenvalue weighted by molar-refractivity contribution is 6.31. The van der Waals surface area contributed by atoms with Crippen molar-refractivity contribution < 1.29 is 13.7 Å². The van der Waals surface area contributed by atoms with Gasteiger partial charge in [-0.3, -0.25) is 4.79 Å². The lowest BCUT2D eigenvalue weighted by Crippen LogP contribution is -2.25. The Kier molecular flexibility index (Phi) is 4.43. The van der Waals surface area contributed by atoms with E-state index in [0.717, 1.165) is 5.56 Å².